The lowest BCUT2D eigenvalue weighted by atomic mass is 9.70. The highest BCUT2D eigenvalue weighted by Crippen LogP contribution is 2.48. The van der Waals surface area contributed by atoms with Crippen molar-refractivity contribution in [2.45, 2.75) is 51.4 Å². The molecule has 3 heteroatoms. The molecule has 0 amide bonds. The number of carbonyl (C=O) groups is 2. The Bertz CT molecular complexity index is 756. The second kappa shape index (κ2) is 5.73. The van der Waals surface area contributed by atoms with Gasteiger partial charge in [0.1, 0.15) is 0 Å². The molecule has 0 N–H and O–H groups in total. The van der Waals surface area contributed by atoms with Crippen LogP contribution in [0.25, 0.3) is 0 Å². The lowest BCUT2D eigenvalue weighted by Crippen LogP contribution is -2.37. The van der Waals surface area contributed by atoms with E-state index in [9.17, 15) is 9.59 Å². The Hall–Kier alpha value is -2.16. The SMILES string of the molecule is Cc1ccccc1C1C2=C(CCCC2=O)N(C)C2=C1C(=O)CCC2. The monoisotopic (exact) mass is 321 g/mol. The maximum absolute atomic E-state index is 12.8. The molecule has 0 aromatic heterocycles. The minimum absolute atomic E-state index is 0.159. The van der Waals surface area contributed by atoms with E-state index in [1.807, 2.05) is 19.2 Å². The molecule has 0 spiro atoms. The molecule has 1 heterocycles. The summed E-state index contributed by atoms with van der Waals surface area (Å²) >= 11 is 0. The summed E-state index contributed by atoms with van der Waals surface area (Å²) in [5.74, 6) is 0.288. The number of aryl methyl sites for hydroxylation is 1. The second-order valence-electron chi connectivity index (χ2n) is 7.12. The molecule has 3 aliphatic rings. The molecular formula is C21H23NO2. The second-order valence-corrected chi connectivity index (χ2v) is 7.12. The highest BCUT2D eigenvalue weighted by atomic mass is 16.1. The van der Waals surface area contributed by atoms with E-state index in [0.717, 1.165) is 59.4 Å². The molecule has 0 saturated heterocycles. The zero-order valence-electron chi connectivity index (χ0n) is 14.4. The molecule has 0 radical (unpaired) electrons. The molecule has 0 unspecified atom stereocenters. The Morgan fingerprint density at radius 1 is 0.875 bits per heavy atom. The number of carbonyl (C=O) groups excluding carboxylic acids is 2. The van der Waals surface area contributed by atoms with Crippen molar-refractivity contribution >= 4 is 11.6 Å². The Balaban J connectivity index is 1.99. The van der Waals surface area contributed by atoms with Crippen molar-refractivity contribution in [3.63, 3.8) is 0 Å². The summed E-state index contributed by atoms with van der Waals surface area (Å²) in [5, 5.41) is 0. The van der Waals surface area contributed by atoms with Gasteiger partial charge >= 0.3 is 0 Å². The van der Waals surface area contributed by atoms with Crippen LogP contribution in [0.1, 0.15) is 55.6 Å². The molecule has 1 aromatic rings. The van der Waals surface area contributed by atoms with E-state index >= 15 is 0 Å². The van der Waals surface area contributed by atoms with Crippen molar-refractivity contribution in [3.8, 4) is 0 Å². The molecule has 0 bridgehead atoms. The number of nitrogens with zero attached hydrogens (tertiary/aromatic N) is 1. The summed E-state index contributed by atoms with van der Waals surface area (Å²) in [7, 11) is 2.04. The maximum Gasteiger partial charge on any atom is 0.161 e. The van der Waals surface area contributed by atoms with Crippen LogP contribution in [0.5, 0.6) is 0 Å². The van der Waals surface area contributed by atoms with E-state index < -0.39 is 0 Å². The van der Waals surface area contributed by atoms with Crippen LogP contribution in [0.15, 0.2) is 46.8 Å². The summed E-state index contributed by atoms with van der Waals surface area (Å²) in [6.45, 7) is 2.08. The highest BCUT2D eigenvalue weighted by Gasteiger charge is 2.42. The van der Waals surface area contributed by atoms with Crippen molar-refractivity contribution in [1.29, 1.82) is 0 Å². The zero-order valence-corrected chi connectivity index (χ0v) is 14.4. The number of rotatable bonds is 1. The van der Waals surface area contributed by atoms with E-state index in [2.05, 4.69) is 24.0 Å². The van der Waals surface area contributed by atoms with Crippen molar-refractivity contribution in [2.24, 2.45) is 0 Å². The van der Waals surface area contributed by atoms with Crippen LogP contribution < -0.4 is 0 Å². The van der Waals surface area contributed by atoms with Crippen LogP contribution in [-0.4, -0.2) is 23.5 Å². The minimum atomic E-state index is -0.159. The lowest BCUT2D eigenvalue weighted by molar-refractivity contribution is -0.117. The topological polar surface area (TPSA) is 37.4 Å². The molecule has 3 nitrogen and oxygen atoms in total. The predicted molar refractivity (Wildman–Crippen MR) is 93.5 cm³/mol. The molecule has 4 rings (SSSR count). The van der Waals surface area contributed by atoms with Crippen molar-refractivity contribution in [2.75, 3.05) is 7.05 Å². The Labute approximate surface area is 143 Å². The number of benzene rings is 1. The van der Waals surface area contributed by atoms with Gasteiger partial charge in [-0.15, -0.1) is 0 Å². The molecule has 2 aliphatic carbocycles. The molecule has 0 atom stereocenters. The molecule has 0 fully saturated rings. The zero-order chi connectivity index (χ0) is 16.8. The normalized spacial score (nSPS) is 22.0. The molecule has 0 saturated carbocycles. The highest BCUT2D eigenvalue weighted by molar-refractivity contribution is 6.06. The molecule has 124 valence electrons. The van der Waals surface area contributed by atoms with E-state index in [-0.39, 0.29) is 17.5 Å². The van der Waals surface area contributed by atoms with E-state index in [1.54, 1.807) is 0 Å². The van der Waals surface area contributed by atoms with Gasteiger partial charge in [0, 0.05) is 48.3 Å². The smallest absolute Gasteiger partial charge is 0.161 e. The fourth-order valence-corrected chi connectivity index (χ4v) is 4.57. The number of hydrogen-bond acceptors (Lipinski definition) is 3. The summed E-state index contributed by atoms with van der Waals surface area (Å²) in [5.41, 5.74) is 6.33. The largest absolute Gasteiger partial charge is 0.351 e. The fraction of sp³-hybridized carbons (Fsp3) is 0.429. The third-order valence-corrected chi connectivity index (χ3v) is 5.74. The lowest BCUT2D eigenvalue weighted by Gasteiger charge is -2.42. The van der Waals surface area contributed by atoms with Gasteiger partial charge in [0.05, 0.1) is 0 Å². The van der Waals surface area contributed by atoms with Crippen LogP contribution >= 0.6 is 0 Å². The van der Waals surface area contributed by atoms with Gasteiger partial charge in [0.2, 0.25) is 0 Å². The fourth-order valence-electron chi connectivity index (χ4n) is 4.57. The first kappa shape index (κ1) is 15.4. The van der Waals surface area contributed by atoms with Crippen LogP contribution in [0.4, 0.5) is 0 Å². The standard InChI is InChI=1S/C21H23NO2/c1-13-7-3-4-8-14(13)19-20-15(9-5-11-17(20)23)22(2)16-10-6-12-18(24)21(16)19/h3-4,7-8,19H,5-6,9-12H2,1-2H3. The van der Waals surface area contributed by atoms with Gasteiger partial charge < -0.3 is 4.90 Å². The number of allylic oxidation sites excluding steroid dienone is 4. The molecule has 1 aliphatic heterocycles. The van der Waals surface area contributed by atoms with Crippen molar-refractivity contribution in [3.05, 3.63) is 57.9 Å². The van der Waals surface area contributed by atoms with Crippen LogP contribution in [0.2, 0.25) is 0 Å². The molecule has 1 aromatic carbocycles. The van der Waals surface area contributed by atoms with Crippen LogP contribution in [0, 0.1) is 6.92 Å². The Morgan fingerprint density at radius 2 is 1.42 bits per heavy atom. The van der Waals surface area contributed by atoms with Gasteiger partial charge in [-0.05, 0) is 43.7 Å². The average Bonchev–Trinajstić information content (AvgIpc) is 2.58. The number of ketones is 2. The quantitative estimate of drug-likeness (QED) is 0.783. The average molecular weight is 321 g/mol. The predicted octanol–water partition coefficient (Wildman–Crippen LogP) is 4.04. The van der Waals surface area contributed by atoms with Gasteiger partial charge in [0.25, 0.3) is 0 Å². The molecule has 24 heavy (non-hydrogen) atoms. The molecular weight excluding hydrogens is 298 g/mol. The van der Waals surface area contributed by atoms with Crippen molar-refractivity contribution < 1.29 is 9.59 Å². The van der Waals surface area contributed by atoms with Gasteiger partial charge in [0.15, 0.2) is 11.6 Å². The minimum Gasteiger partial charge on any atom is -0.351 e. The third kappa shape index (κ3) is 2.18. The first-order valence-electron chi connectivity index (χ1n) is 8.91. The van der Waals surface area contributed by atoms with E-state index in [4.69, 9.17) is 0 Å². The van der Waals surface area contributed by atoms with Gasteiger partial charge in [-0.25, -0.2) is 0 Å². The van der Waals surface area contributed by atoms with E-state index in [0.29, 0.717) is 12.8 Å². The van der Waals surface area contributed by atoms with Gasteiger partial charge in [-0.1, -0.05) is 24.3 Å². The Morgan fingerprint density at radius 3 is 1.96 bits per heavy atom. The third-order valence-electron chi connectivity index (χ3n) is 5.74. The summed E-state index contributed by atoms with van der Waals surface area (Å²) in [6, 6.07) is 8.20. The van der Waals surface area contributed by atoms with E-state index in [1.165, 1.54) is 0 Å². The number of Topliss-reactive ketones (excluding diaryl/α,β-unsaturated/α-hetero) is 2. The maximum atomic E-state index is 12.8. The van der Waals surface area contributed by atoms with Gasteiger partial charge in [-0.2, -0.15) is 0 Å². The van der Waals surface area contributed by atoms with Gasteiger partial charge in [-0.3, -0.25) is 9.59 Å². The number of hydrogen-bond donors (Lipinski definition) is 0. The van der Waals surface area contributed by atoms with Crippen LogP contribution in [0.3, 0.4) is 0 Å². The summed E-state index contributed by atoms with van der Waals surface area (Å²) < 4.78 is 0. The Kier molecular flexibility index (Phi) is 3.67. The first-order valence-corrected chi connectivity index (χ1v) is 8.91. The summed E-state index contributed by atoms with van der Waals surface area (Å²) in [4.78, 5) is 27.8. The van der Waals surface area contributed by atoms with Crippen molar-refractivity contribution in [1.82, 2.24) is 4.90 Å². The first-order chi connectivity index (χ1) is 11.6. The summed E-state index contributed by atoms with van der Waals surface area (Å²) in [6.07, 6.45) is 4.91. The van der Waals surface area contributed by atoms with Crippen LogP contribution in [-0.2, 0) is 9.59 Å².